The standard InChI is InChI=1S/C12H19NO5S/c1-19(17,18)8-7-10(12(15)16)13-11(14)9-5-3-2-4-6-9/h2-3,9-10H,4-8H2,1H3,(H,13,14)(H,15,16). The fourth-order valence-electron chi connectivity index (χ4n) is 1.91. The number of carbonyl (C=O) groups is 2. The van der Waals surface area contributed by atoms with Crippen molar-refractivity contribution in [1.29, 1.82) is 0 Å². The molecule has 2 atom stereocenters. The highest BCUT2D eigenvalue weighted by atomic mass is 32.2. The van der Waals surface area contributed by atoms with E-state index in [4.69, 9.17) is 5.11 Å². The molecule has 6 nitrogen and oxygen atoms in total. The Labute approximate surface area is 112 Å². The summed E-state index contributed by atoms with van der Waals surface area (Å²) < 4.78 is 22.1. The molecule has 0 bridgehead atoms. The van der Waals surface area contributed by atoms with Crippen molar-refractivity contribution in [1.82, 2.24) is 5.32 Å². The van der Waals surface area contributed by atoms with Gasteiger partial charge in [-0.2, -0.15) is 0 Å². The molecule has 0 radical (unpaired) electrons. The molecular formula is C12H19NO5S. The Morgan fingerprint density at radius 3 is 2.58 bits per heavy atom. The molecule has 2 N–H and O–H groups in total. The summed E-state index contributed by atoms with van der Waals surface area (Å²) in [5.74, 6) is -1.99. The van der Waals surface area contributed by atoms with Gasteiger partial charge in [0.05, 0.1) is 5.75 Å². The van der Waals surface area contributed by atoms with E-state index >= 15 is 0 Å². The van der Waals surface area contributed by atoms with Gasteiger partial charge >= 0.3 is 5.97 Å². The second-order valence-electron chi connectivity index (χ2n) is 4.80. The summed E-state index contributed by atoms with van der Waals surface area (Å²) in [7, 11) is -3.24. The van der Waals surface area contributed by atoms with Crippen LogP contribution in [-0.4, -0.2) is 43.5 Å². The quantitative estimate of drug-likeness (QED) is 0.687. The van der Waals surface area contributed by atoms with Gasteiger partial charge in [-0.3, -0.25) is 4.79 Å². The Kier molecular flexibility index (Phi) is 5.53. The van der Waals surface area contributed by atoms with Crippen LogP contribution in [0.5, 0.6) is 0 Å². The molecule has 0 aromatic rings. The lowest BCUT2D eigenvalue weighted by Gasteiger charge is -2.20. The van der Waals surface area contributed by atoms with Crippen molar-refractivity contribution in [3.8, 4) is 0 Å². The number of carboxylic acids is 1. The van der Waals surface area contributed by atoms with E-state index in [0.29, 0.717) is 12.8 Å². The Morgan fingerprint density at radius 2 is 2.11 bits per heavy atom. The predicted octanol–water partition coefficient (Wildman–Crippen LogP) is 0.347. The smallest absolute Gasteiger partial charge is 0.326 e. The maximum Gasteiger partial charge on any atom is 0.326 e. The van der Waals surface area contributed by atoms with Gasteiger partial charge in [-0.05, 0) is 25.7 Å². The van der Waals surface area contributed by atoms with Crippen molar-refractivity contribution >= 4 is 21.7 Å². The van der Waals surface area contributed by atoms with Crippen molar-refractivity contribution in [2.24, 2.45) is 5.92 Å². The van der Waals surface area contributed by atoms with E-state index < -0.39 is 21.8 Å². The Morgan fingerprint density at radius 1 is 1.42 bits per heavy atom. The van der Waals surface area contributed by atoms with Gasteiger partial charge in [-0.1, -0.05) is 12.2 Å². The van der Waals surface area contributed by atoms with Crippen LogP contribution in [0.1, 0.15) is 25.7 Å². The van der Waals surface area contributed by atoms with Crippen molar-refractivity contribution in [2.45, 2.75) is 31.7 Å². The first-order valence-corrected chi connectivity index (χ1v) is 8.21. The van der Waals surface area contributed by atoms with Crippen LogP contribution >= 0.6 is 0 Å². The summed E-state index contributed by atoms with van der Waals surface area (Å²) in [5, 5.41) is 11.4. The highest BCUT2D eigenvalue weighted by Gasteiger charge is 2.26. The molecule has 2 unspecified atom stereocenters. The number of hydrogen-bond donors (Lipinski definition) is 2. The number of rotatable bonds is 6. The first-order valence-electron chi connectivity index (χ1n) is 6.15. The molecular weight excluding hydrogens is 270 g/mol. The van der Waals surface area contributed by atoms with Gasteiger partial charge in [0.15, 0.2) is 0 Å². The summed E-state index contributed by atoms with van der Waals surface area (Å²) in [5.41, 5.74) is 0. The average Bonchev–Trinajstić information content (AvgIpc) is 2.33. The van der Waals surface area contributed by atoms with E-state index in [2.05, 4.69) is 5.32 Å². The molecule has 1 aliphatic rings. The maximum absolute atomic E-state index is 11.9. The molecule has 0 heterocycles. The number of allylic oxidation sites excluding steroid dienone is 2. The number of amides is 1. The molecule has 0 aromatic heterocycles. The van der Waals surface area contributed by atoms with Crippen LogP contribution in [0.15, 0.2) is 12.2 Å². The number of carbonyl (C=O) groups excluding carboxylic acids is 1. The lowest BCUT2D eigenvalue weighted by Crippen LogP contribution is -2.44. The summed E-state index contributed by atoms with van der Waals surface area (Å²) in [6.07, 6.45) is 6.93. The molecule has 0 saturated carbocycles. The number of hydrogen-bond acceptors (Lipinski definition) is 4. The molecule has 0 aliphatic heterocycles. The molecule has 7 heteroatoms. The van der Waals surface area contributed by atoms with E-state index in [1.807, 2.05) is 12.2 Å². The largest absolute Gasteiger partial charge is 0.480 e. The monoisotopic (exact) mass is 289 g/mol. The zero-order valence-corrected chi connectivity index (χ0v) is 11.6. The fourth-order valence-corrected chi connectivity index (χ4v) is 2.57. The molecule has 1 aliphatic carbocycles. The lowest BCUT2D eigenvalue weighted by atomic mass is 9.93. The van der Waals surface area contributed by atoms with Gasteiger partial charge in [0.1, 0.15) is 15.9 Å². The number of aliphatic carboxylic acids is 1. The topological polar surface area (TPSA) is 101 Å². The molecule has 1 rings (SSSR count). The van der Waals surface area contributed by atoms with E-state index in [9.17, 15) is 18.0 Å². The minimum Gasteiger partial charge on any atom is -0.480 e. The summed E-state index contributed by atoms with van der Waals surface area (Å²) >= 11 is 0. The second kappa shape index (κ2) is 6.70. The Bertz CT molecular complexity index is 469. The van der Waals surface area contributed by atoms with Crippen LogP contribution in [0.3, 0.4) is 0 Å². The third kappa shape index (κ3) is 5.87. The van der Waals surface area contributed by atoms with E-state index in [0.717, 1.165) is 12.7 Å². The maximum atomic E-state index is 11.9. The first kappa shape index (κ1) is 15.7. The van der Waals surface area contributed by atoms with E-state index in [-0.39, 0.29) is 24.0 Å². The number of nitrogens with one attached hydrogen (secondary N) is 1. The lowest BCUT2D eigenvalue weighted by molar-refractivity contribution is -0.142. The van der Waals surface area contributed by atoms with Gasteiger partial charge in [-0.15, -0.1) is 0 Å². The van der Waals surface area contributed by atoms with Crippen LogP contribution in [0.4, 0.5) is 0 Å². The van der Waals surface area contributed by atoms with Crippen molar-refractivity contribution < 1.29 is 23.1 Å². The minimum absolute atomic E-state index is 0.109. The average molecular weight is 289 g/mol. The highest BCUT2D eigenvalue weighted by Crippen LogP contribution is 2.18. The highest BCUT2D eigenvalue weighted by molar-refractivity contribution is 7.90. The number of sulfone groups is 1. The zero-order valence-electron chi connectivity index (χ0n) is 10.8. The molecule has 0 spiro atoms. The van der Waals surface area contributed by atoms with Crippen LogP contribution in [0, 0.1) is 5.92 Å². The van der Waals surface area contributed by atoms with E-state index in [1.54, 1.807) is 0 Å². The Balaban J connectivity index is 2.55. The van der Waals surface area contributed by atoms with Crippen molar-refractivity contribution in [2.75, 3.05) is 12.0 Å². The van der Waals surface area contributed by atoms with Gasteiger partial charge < -0.3 is 10.4 Å². The predicted molar refractivity (Wildman–Crippen MR) is 70.4 cm³/mol. The SMILES string of the molecule is CS(=O)(=O)CCC(NC(=O)C1CC=CCC1)C(=O)O. The molecule has 0 saturated heterocycles. The van der Waals surface area contributed by atoms with Crippen LogP contribution in [0.25, 0.3) is 0 Å². The van der Waals surface area contributed by atoms with Crippen LogP contribution < -0.4 is 5.32 Å². The van der Waals surface area contributed by atoms with Crippen LogP contribution in [-0.2, 0) is 19.4 Å². The van der Waals surface area contributed by atoms with Crippen molar-refractivity contribution in [3.05, 3.63) is 12.2 Å². The summed E-state index contributed by atoms with van der Waals surface area (Å²) in [6, 6.07) is -1.15. The Hall–Kier alpha value is -1.37. The third-order valence-electron chi connectivity index (χ3n) is 3.03. The third-order valence-corrected chi connectivity index (χ3v) is 4.01. The normalized spacial score (nSPS) is 20.8. The van der Waals surface area contributed by atoms with Gasteiger partial charge in [0.25, 0.3) is 0 Å². The molecule has 0 aromatic carbocycles. The first-order chi connectivity index (χ1) is 8.79. The van der Waals surface area contributed by atoms with Crippen LogP contribution in [0.2, 0.25) is 0 Å². The number of carboxylic acid groups (broad SMARTS) is 1. The molecule has 108 valence electrons. The summed E-state index contributed by atoms with van der Waals surface area (Å²) in [6.45, 7) is 0. The molecule has 0 fully saturated rings. The van der Waals surface area contributed by atoms with Crippen molar-refractivity contribution in [3.63, 3.8) is 0 Å². The fraction of sp³-hybridized carbons (Fsp3) is 0.667. The molecule has 19 heavy (non-hydrogen) atoms. The molecule has 1 amide bonds. The van der Waals surface area contributed by atoms with Gasteiger partial charge in [0, 0.05) is 12.2 Å². The van der Waals surface area contributed by atoms with E-state index in [1.165, 1.54) is 0 Å². The second-order valence-corrected chi connectivity index (χ2v) is 7.06. The summed E-state index contributed by atoms with van der Waals surface area (Å²) in [4.78, 5) is 22.9. The van der Waals surface area contributed by atoms with Gasteiger partial charge in [-0.25, -0.2) is 13.2 Å². The minimum atomic E-state index is -3.24. The zero-order chi connectivity index (χ0) is 14.5. The van der Waals surface area contributed by atoms with Gasteiger partial charge in [0.2, 0.25) is 5.91 Å².